The highest BCUT2D eigenvalue weighted by molar-refractivity contribution is 5.93. The maximum Gasteiger partial charge on any atom is 0.416 e. The van der Waals surface area contributed by atoms with Crippen molar-refractivity contribution in [2.24, 2.45) is 0 Å². The van der Waals surface area contributed by atoms with Gasteiger partial charge in [-0.25, -0.2) is 9.59 Å². The number of carbonyl (C=O) groups excluding carboxylic acids is 1. The van der Waals surface area contributed by atoms with Gasteiger partial charge in [0.25, 0.3) is 0 Å². The maximum absolute atomic E-state index is 12.7. The molecule has 0 saturated heterocycles. The molecule has 4 rings (SSSR count). The topological polar surface area (TPSA) is 101 Å². The van der Waals surface area contributed by atoms with Crippen LogP contribution in [0.4, 0.5) is 26.3 Å². The van der Waals surface area contributed by atoms with E-state index < -0.39 is 35.4 Å². The smallest absolute Gasteiger partial charge is 0.416 e. The first kappa shape index (κ1) is 34.1. The minimum Gasteiger partial charge on any atom is -0.497 e. The number of benzene rings is 4. The van der Waals surface area contributed by atoms with Gasteiger partial charge in [0.05, 0.1) is 32.5 Å². The Morgan fingerprint density at radius 1 is 0.578 bits per heavy atom. The normalized spacial score (nSPS) is 11.0. The molecule has 0 saturated carbocycles. The summed E-state index contributed by atoms with van der Waals surface area (Å²) in [5.41, 5.74) is -1.89. The van der Waals surface area contributed by atoms with E-state index in [4.69, 9.17) is 24.1 Å². The van der Waals surface area contributed by atoms with Gasteiger partial charge in [-0.2, -0.15) is 26.3 Å². The van der Waals surface area contributed by atoms with Crippen LogP contribution in [0, 0.1) is 0 Å². The number of hydrogen-bond acceptors (Lipinski definition) is 7. The van der Waals surface area contributed by atoms with E-state index in [0.717, 1.165) is 24.3 Å². The van der Waals surface area contributed by atoms with Gasteiger partial charge in [-0.05, 0) is 72.8 Å². The molecule has 238 valence electrons. The van der Waals surface area contributed by atoms with Crippen molar-refractivity contribution >= 4 is 11.9 Å². The Kier molecular flexibility index (Phi) is 10.9. The standard InChI is InChI=1S/C16H13F3O4.C15H11F3O4/c1-21-11-6-7-14(13(9-11)15(20)22-2)23-12-5-3-4-10(8-12)16(17,18)19;1-21-10-5-6-13(12(8-10)14(19)20)22-11-4-2-3-9(7-11)15(16,17)18/h3-9H,1-2H3;2-8H,1H3,(H,19,20). The number of halogens is 6. The molecule has 0 unspecified atom stereocenters. The lowest BCUT2D eigenvalue weighted by molar-refractivity contribution is -0.138. The Morgan fingerprint density at radius 2 is 1.00 bits per heavy atom. The van der Waals surface area contributed by atoms with E-state index in [1.807, 2.05) is 0 Å². The van der Waals surface area contributed by atoms with E-state index in [0.29, 0.717) is 11.5 Å². The van der Waals surface area contributed by atoms with Crippen molar-refractivity contribution in [3.63, 3.8) is 0 Å². The monoisotopic (exact) mass is 638 g/mol. The van der Waals surface area contributed by atoms with Gasteiger partial charge in [0.15, 0.2) is 0 Å². The molecular weight excluding hydrogens is 614 g/mol. The molecule has 45 heavy (non-hydrogen) atoms. The highest BCUT2D eigenvalue weighted by Crippen LogP contribution is 2.36. The minimum absolute atomic E-state index is 0.0456. The molecule has 0 amide bonds. The van der Waals surface area contributed by atoms with Crippen molar-refractivity contribution < 1.29 is 64.7 Å². The molecule has 0 aromatic heterocycles. The number of rotatable bonds is 8. The molecule has 0 bridgehead atoms. The van der Waals surface area contributed by atoms with Crippen LogP contribution in [0.15, 0.2) is 84.9 Å². The van der Waals surface area contributed by atoms with Gasteiger partial charge < -0.3 is 28.8 Å². The zero-order valence-corrected chi connectivity index (χ0v) is 23.7. The van der Waals surface area contributed by atoms with Crippen molar-refractivity contribution in [3.05, 3.63) is 107 Å². The molecule has 8 nitrogen and oxygen atoms in total. The zero-order chi connectivity index (χ0) is 33.4. The lowest BCUT2D eigenvalue weighted by Gasteiger charge is -2.13. The fourth-order valence-corrected chi connectivity index (χ4v) is 3.61. The Balaban J connectivity index is 0.000000246. The van der Waals surface area contributed by atoms with Gasteiger partial charge in [0.2, 0.25) is 0 Å². The number of esters is 1. The van der Waals surface area contributed by atoms with E-state index >= 15 is 0 Å². The first-order chi connectivity index (χ1) is 21.2. The zero-order valence-electron chi connectivity index (χ0n) is 23.7. The van der Waals surface area contributed by atoms with E-state index in [9.17, 15) is 35.9 Å². The molecule has 0 fully saturated rings. The second-order valence-electron chi connectivity index (χ2n) is 8.78. The molecule has 0 atom stereocenters. The second-order valence-corrected chi connectivity index (χ2v) is 8.78. The number of ether oxygens (including phenoxy) is 5. The van der Waals surface area contributed by atoms with Crippen LogP contribution in [0.25, 0.3) is 0 Å². The summed E-state index contributed by atoms with van der Waals surface area (Å²) in [4.78, 5) is 23.0. The van der Waals surface area contributed by atoms with Gasteiger partial charge in [-0.3, -0.25) is 0 Å². The third-order valence-corrected chi connectivity index (χ3v) is 5.79. The largest absolute Gasteiger partial charge is 0.497 e. The molecule has 0 radical (unpaired) electrons. The van der Waals surface area contributed by atoms with E-state index in [1.165, 1.54) is 82.0 Å². The number of alkyl halides is 6. The Labute approximate surface area is 252 Å². The molecule has 0 aliphatic carbocycles. The Bertz CT molecular complexity index is 1650. The molecule has 0 aliphatic rings. The third kappa shape index (κ3) is 9.29. The number of carboxylic acid groups (broad SMARTS) is 1. The van der Waals surface area contributed by atoms with Gasteiger partial charge >= 0.3 is 24.3 Å². The maximum atomic E-state index is 12.7. The highest BCUT2D eigenvalue weighted by Gasteiger charge is 2.31. The van der Waals surface area contributed by atoms with Crippen molar-refractivity contribution in [3.8, 4) is 34.5 Å². The fourth-order valence-electron chi connectivity index (χ4n) is 3.61. The molecule has 4 aromatic carbocycles. The first-order valence-corrected chi connectivity index (χ1v) is 12.5. The average Bonchev–Trinajstić information content (AvgIpc) is 3.00. The summed E-state index contributed by atoms with van der Waals surface area (Å²) in [6.45, 7) is 0. The number of carboxylic acids is 1. The molecule has 14 heteroatoms. The fraction of sp³-hybridized carbons (Fsp3) is 0.161. The summed E-state index contributed by atoms with van der Waals surface area (Å²) in [6, 6.07) is 16.9. The predicted octanol–water partition coefficient (Wildman–Crippen LogP) is 8.50. The van der Waals surface area contributed by atoms with E-state index in [2.05, 4.69) is 4.74 Å². The van der Waals surface area contributed by atoms with Crippen LogP contribution in [-0.4, -0.2) is 38.4 Å². The minimum atomic E-state index is -4.51. The van der Waals surface area contributed by atoms with E-state index in [-0.39, 0.29) is 34.1 Å². The SMILES string of the molecule is COC(=O)c1cc(OC)ccc1Oc1cccc(C(F)(F)F)c1.COc1ccc(Oc2cccc(C(F)(F)F)c2)c(C(=O)O)c1. The lowest BCUT2D eigenvalue weighted by Crippen LogP contribution is -2.06. The highest BCUT2D eigenvalue weighted by atomic mass is 19.4. The van der Waals surface area contributed by atoms with Crippen molar-refractivity contribution in [2.75, 3.05) is 21.3 Å². The summed E-state index contributed by atoms with van der Waals surface area (Å²) < 4.78 is 101. The summed E-state index contributed by atoms with van der Waals surface area (Å²) in [7, 11) is 3.98. The molecular formula is C31H24F6O8. The van der Waals surface area contributed by atoms with Gasteiger partial charge in [0, 0.05) is 0 Å². The van der Waals surface area contributed by atoms with Crippen LogP contribution in [0.1, 0.15) is 31.8 Å². The predicted molar refractivity (Wildman–Crippen MR) is 147 cm³/mol. The van der Waals surface area contributed by atoms with Crippen LogP contribution < -0.4 is 18.9 Å². The summed E-state index contributed by atoms with van der Waals surface area (Å²) in [6.07, 6.45) is -8.99. The van der Waals surface area contributed by atoms with E-state index in [1.54, 1.807) is 0 Å². The summed E-state index contributed by atoms with van der Waals surface area (Å²) in [5, 5.41) is 9.13. The van der Waals surface area contributed by atoms with Crippen LogP contribution in [-0.2, 0) is 17.1 Å². The Morgan fingerprint density at radius 3 is 1.38 bits per heavy atom. The molecule has 4 aromatic rings. The number of aromatic carboxylic acids is 1. The number of hydrogen-bond donors (Lipinski definition) is 1. The van der Waals surface area contributed by atoms with Gasteiger partial charge in [-0.15, -0.1) is 0 Å². The molecule has 0 heterocycles. The summed E-state index contributed by atoms with van der Waals surface area (Å²) in [5.74, 6) is -1.44. The van der Waals surface area contributed by atoms with Crippen molar-refractivity contribution in [1.29, 1.82) is 0 Å². The van der Waals surface area contributed by atoms with Gasteiger partial charge in [-0.1, -0.05) is 12.1 Å². The van der Waals surface area contributed by atoms with Crippen LogP contribution in [0.3, 0.4) is 0 Å². The van der Waals surface area contributed by atoms with Crippen molar-refractivity contribution in [2.45, 2.75) is 12.4 Å². The molecule has 1 N–H and O–H groups in total. The summed E-state index contributed by atoms with van der Waals surface area (Å²) >= 11 is 0. The Hall–Kier alpha value is -5.40. The molecule has 0 aliphatic heterocycles. The van der Waals surface area contributed by atoms with Crippen LogP contribution in [0.2, 0.25) is 0 Å². The number of carbonyl (C=O) groups is 2. The van der Waals surface area contributed by atoms with Gasteiger partial charge in [0.1, 0.15) is 45.6 Å². The first-order valence-electron chi connectivity index (χ1n) is 12.5. The van der Waals surface area contributed by atoms with Crippen LogP contribution >= 0.6 is 0 Å². The quantitative estimate of drug-likeness (QED) is 0.152. The third-order valence-electron chi connectivity index (χ3n) is 5.79. The van der Waals surface area contributed by atoms with Crippen LogP contribution in [0.5, 0.6) is 34.5 Å². The lowest BCUT2D eigenvalue weighted by atomic mass is 10.1. The molecule has 0 spiro atoms. The average molecular weight is 639 g/mol. The number of methoxy groups -OCH3 is 3. The van der Waals surface area contributed by atoms with Crippen molar-refractivity contribution in [1.82, 2.24) is 0 Å². The second kappa shape index (κ2) is 14.4.